The van der Waals surface area contributed by atoms with Gasteiger partial charge in [0.1, 0.15) is 18.2 Å². The molecule has 108 valence electrons. The number of aromatic nitrogens is 4. The van der Waals surface area contributed by atoms with Crippen molar-refractivity contribution in [2.75, 3.05) is 13.7 Å². The third-order valence-corrected chi connectivity index (χ3v) is 3.05. The second-order valence-electron chi connectivity index (χ2n) is 4.45. The predicted molar refractivity (Wildman–Crippen MR) is 76.6 cm³/mol. The van der Waals surface area contributed by atoms with Gasteiger partial charge in [0.25, 0.3) is 0 Å². The molecule has 2 aromatic rings. The summed E-state index contributed by atoms with van der Waals surface area (Å²) >= 11 is 0. The molecule has 0 fully saturated rings. The summed E-state index contributed by atoms with van der Waals surface area (Å²) in [7, 11) is 1.60. The fraction of sp³-hybridized carbons (Fsp3) is 0.500. The summed E-state index contributed by atoms with van der Waals surface area (Å²) in [6.07, 6.45) is 6.41. The standard InChI is InChI=1S/C14H21N5O/c1-4-7-19-8-6-16-14(19)13(15-5-2)11-9-12(20-3)18-10-17-11/h6,8-10,13,15H,4-5,7H2,1-3H3. The molecule has 0 amide bonds. The lowest BCUT2D eigenvalue weighted by Crippen LogP contribution is -2.26. The zero-order chi connectivity index (χ0) is 14.4. The van der Waals surface area contributed by atoms with Crippen molar-refractivity contribution in [1.82, 2.24) is 24.8 Å². The fourth-order valence-corrected chi connectivity index (χ4v) is 2.17. The molecule has 1 atom stereocenters. The van der Waals surface area contributed by atoms with E-state index in [-0.39, 0.29) is 6.04 Å². The molecule has 0 spiro atoms. The smallest absolute Gasteiger partial charge is 0.216 e. The van der Waals surface area contributed by atoms with Crippen LogP contribution in [0.1, 0.15) is 37.8 Å². The Balaban J connectivity index is 2.36. The van der Waals surface area contributed by atoms with Crippen molar-refractivity contribution in [3.8, 4) is 5.88 Å². The number of nitrogens with one attached hydrogen (secondary N) is 1. The van der Waals surface area contributed by atoms with Gasteiger partial charge in [-0.1, -0.05) is 13.8 Å². The van der Waals surface area contributed by atoms with Crippen LogP contribution >= 0.6 is 0 Å². The zero-order valence-electron chi connectivity index (χ0n) is 12.2. The molecule has 0 aliphatic rings. The summed E-state index contributed by atoms with van der Waals surface area (Å²) in [6, 6.07) is 1.79. The molecule has 0 saturated heterocycles. The monoisotopic (exact) mass is 275 g/mol. The van der Waals surface area contributed by atoms with Crippen LogP contribution in [-0.4, -0.2) is 33.2 Å². The van der Waals surface area contributed by atoms with Crippen LogP contribution in [0.4, 0.5) is 0 Å². The molecule has 0 aromatic carbocycles. The van der Waals surface area contributed by atoms with E-state index in [0.717, 1.165) is 31.0 Å². The van der Waals surface area contributed by atoms with E-state index in [2.05, 4.69) is 38.7 Å². The maximum Gasteiger partial charge on any atom is 0.216 e. The SMILES string of the molecule is CCCn1ccnc1C(NCC)c1cc(OC)ncn1. The number of imidazole rings is 1. The number of nitrogens with zero attached hydrogens (tertiary/aromatic N) is 4. The van der Waals surface area contributed by atoms with Crippen molar-refractivity contribution >= 4 is 0 Å². The van der Waals surface area contributed by atoms with E-state index >= 15 is 0 Å². The zero-order valence-corrected chi connectivity index (χ0v) is 12.2. The Labute approximate surface area is 119 Å². The summed E-state index contributed by atoms with van der Waals surface area (Å²) in [5.41, 5.74) is 0.863. The second kappa shape index (κ2) is 7.00. The van der Waals surface area contributed by atoms with E-state index in [9.17, 15) is 0 Å². The molecule has 0 bridgehead atoms. The predicted octanol–water partition coefficient (Wildman–Crippen LogP) is 1.79. The van der Waals surface area contributed by atoms with Gasteiger partial charge >= 0.3 is 0 Å². The number of rotatable bonds is 7. The molecule has 1 N–H and O–H groups in total. The third kappa shape index (κ3) is 3.14. The quantitative estimate of drug-likeness (QED) is 0.834. The topological polar surface area (TPSA) is 64.9 Å². The van der Waals surface area contributed by atoms with Crippen molar-refractivity contribution in [1.29, 1.82) is 0 Å². The maximum atomic E-state index is 5.17. The van der Waals surface area contributed by atoms with Crippen molar-refractivity contribution in [2.45, 2.75) is 32.9 Å². The minimum Gasteiger partial charge on any atom is -0.481 e. The normalized spacial score (nSPS) is 12.3. The summed E-state index contributed by atoms with van der Waals surface area (Å²) < 4.78 is 7.33. The highest BCUT2D eigenvalue weighted by atomic mass is 16.5. The fourth-order valence-electron chi connectivity index (χ4n) is 2.17. The Hall–Kier alpha value is -1.95. The number of aryl methyl sites for hydroxylation is 1. The van der Waals surface area contributed by atoms with Crippen molar-refractivity contribution in [3.63, 3.8) is 0 Å². The highest BCUT2D eigenvalue weighted by Crippen LogP contribution is 2.21. The van der Waals surface area contributed by atoms with Gasteiger partial charge in [0.05, 0.1) is 12.8 Å². The first-order valence-corrected chi connectivity index (χ1v) is 6.90. The molecule has 6 nitrogen and oxygen atoms in total. The van der Waals surface area contributed by atoms with Crippen LogP contribution < -0.4 is 10.1 Å². The van der Waals surface area contributed by atoms with Gasteiger partial charge in [0.15, 0.2) is 0 Å². The van der Waals surface area contributed by atoms with E-state index in [1.54, 1.807) is 7.11 Å². The Kier molecular flexibility index (Phi) is 5.06. The van der Waals surface area contributed by atoms with Crippen LogP contribution in [0.5, 0.6) is 5.88 Å². The molecule has 2 aromatic heterocycles. The number of hydrogen-bond donors (Lipinski definition) is 1. The summed E-state index contributed by atoms with van der Waals surface area (Å²) in [6.45, 7) is 5.99. The Morgan fingerprint density at radius 1 is 1.30 bits per heavy atom. The molecule has 0 aliphatic heterocycles. The Morgan fingerprint density at radius 3 is 2.85 bits per heavy atom. The lowest BCUT2D eigenvalue weighted by molar-refractivity contribution is 0.394. The third-order valence-electron chi connectivity index (χ3n) is 3.05. The van der Waals surface area contributed by atoms with Crippen LogP contribution in [0.25, 0.3) is 0 Å². The van der Waals surface area contributed by atoms with Gasteiger partial charge in [-0.2, -0.15) is 0 Å². The molecule has 0 radical (unpaired) electrons. The van der Waals surface area contributed by atoms with Crippen LogP contribution in [0.3, 0.4) is 0 Å². The van der Waals surface area contributed by atoms with Gasteiger partial charge in [-0.3, -0.25) is 0 Å². The largest absolute Gasteiger partial charge is 0.481 e. The lowest BCUT2D eigenvalue weighted by atomic mass is 10.1. The molecule has 1 unspecified atom stereocenters. The number of ether oxygens (including phenoxy) is 1. The molecule has 2 heterocycles. The summed E-state index contributed by atoms with van der Waals surface area (Å²) in [4.78, 5) is 12.9. The molecule has 0 aliphatic carbocycles. The Morgan fingerprint density at radius 2 is 2.15 bits per heavy atom. The maximum absolute atomic E-state index is 5.17. The van der Waals surface area contributed by atoms with Crippen LogP contribution in [0, 0.1) is 0 Å². The van der Waals surface area contributed by atoms with Gasteiger partial charge in [-0.15, -0.1) is 0 Å². The van der Waals surface area contributed by atoms with E-state index in [4.69, 9.17) is 4.74 Å². The Bertz CT molecular complexity index is 540. The van der Waals surface area contributed by atoms with E-state index < -0.39 is 0 Å². The molecule has 20 heavy (non-hydrogen) atoms. The lowest BCUT2D eigenvalue weighted by Gasteiger charge is -2.18. The average Bonchev–Trinajstić information content (AvgIpc) is 2.93. The van der Waals surface area contributed by atoms with Crippen molar-refractivity contribution in [2.24, 2.45) is 0 Å². The van der Waals surface area contributed by atoms with Gasteiger partial charge in [0.2, 0.25) is 5.88 Å². The molecular weight excluding hydrogens is 254 g/mol. The second-order valence-corrected chi connectivity index (χ2v) is 4.45. The van der Waals surface area contributed by atoms with Gasteiger partial charge in [-0.05, 0) is 13.0 Å². The first-order chi connectivity index (χ1) is 9.80. The molecule has 6 heteroatoms. The van der Waals surface area contributed by atoms with Gasteiger partial charge in [0, 0.05) is 25.0 Å². The molecule has 2 rings (SSSR count). The number of methoxy groups -OCH3 is 1. The van der Waals surface area contributed by atoms with Crippen molar-refractivity contribution < 1.29 is 4.74 Å². The van der Waals surface area contributed by atoms with E-state index in [0.29, 0.717) is 5.88 Å². The van der Waals surface area contributed by atoms with E-state index in [1.165, 1.54) is 6.33 Å². The van der Waals surface area contributed by atoms with Crippen LogP contribution in [0.15, 0.2) is 24.8 Å². The summed E-state index contributed by atoms with van der Waals surface area (Å²) in [5, 5.41) is 3.42. The van der Waals surface area contributed by atoms with Crippen LogP contribution in [-0.2, 0) is 6.54 Å². The highest BCUT2D eigenvalue weighted by molar-refractivity contribution is 5.22. The van der Waals surface area contributed by atoms with Crippen LogP contribution in [0.2, 0.25) is 0 Å². The minimum atomic E-state index is -0.0570. The summed E-state index contributed by atoms with van der Waals surface area (Å²) in [5.74, 6) is 1.53. The first-order valence-electron chi connectivity index (χ1n) is 6.90. The minimum absolute atomic E-state index is 0.0570. The highest BCUT2D eigenvalue weighted by Gasteiger charge is 2.20. The average molecular weight is 275 g/mol. The van der Waals surface area contributed by atoms with Gasteiger partial charge < -0.3 is 14.6 Å². The van der Waals surface area contributed by atoms with Gasteiger partial charge in [-0.25, -0.2) is 15.0 Å². The van der Waals surface area contributed by atoms with Crippen molar-refractivity contribution in [3.05, 3.63) is 36.3 Å². The molecular formula is C14H21N5O. The molecule has 0 saturated carbocycles. The number of hydrogen-bond acceptors (Lipinski definition) is 5. The van der Waals surface area contributed by atoms with E-state index in [1.807, 2.05) is 18.5 Å². The first kappa shape index (κ1) is 14.5.